The van der Waals surface area contributed by atoms with Gasteiger partial charge in [-0.3, -0.25) is 4.79 Å². The van der Waals surface area contributed by atoms with Gasteiger partial charge in [0.15, 0.2) is 5.78 Å². The lowest BCUT2D eigenvalue weighted by atomic mass is 10.0. The summed E-state index contributed by atoms with van der Waals surface area (Å²) in [7, 11) is 0. The van der Waals surface area contributed by atoms with E-state index < -0.39 is 0 Å². The molecule has 80 valence electrons. The van der Waals surface area contributed by atoms with E-state index >= 15 is 0 Å². The first-order chi connectivity index (χ1) is 7.81. The fourth-order valence-corrected chi connectivity index (χ4v) is 1.81. The van der Waals surface area contributed by atoms with E-state index in [-0.39, 0.29) is 5.78 Å². The van der Waals surface area contributed by atoms with Gasteiger partial charge in [-0.25, -0.2) is 0 Å². The number of hydrogen-bond acceptors (Lipinski definition) is 2. The van der Waals surface area contributed by atoms with Crippen LogP contribution >= 0.6 is 22.9 Å². The molecule has 0 aromatic heterocycles. The molecule has 0 unspecified atom stereocenters. The summed E-state index contributed by atoms with van der Waals surface area (Å²) >= 11 is 2.05. The minimum atomic E-state index is 0.0501. The molecule has 1 N–H and O–H groups in total. The summed E-state index contributed by atoms with van der Waals surface area (Å²) in [6, 6.07) is 16.8. The SMILES string of the molecule is O=C(c1ccccc1)c1cccc(NI)c1. The Hall–Kier alpha value is -1.36. The molecule has 0 bridgehead atoms. The van der Waals surface area contributed by atoms with Gasteiger partial charge in [0.05, 0.1) is 22.9 Å². The van der Waals surface area contributed by atoms with Crippen LogP contribution in [-0.4, -0.2) is 5.78 Å². The van der Waals surface area contributed by atoms with Crippen LogP contribution in [0, 0.1) is 0 Å². The second-order valence-corrected chi connectivity index (χ2v) is 3.91. The van der Waals surface area contributed by atoms with Crippen molar-refractivity contribution in [3.63, 3.8) is 0 Å². The van der Waals surface area contributed by atoms with Crippen LogP contribution in [0.25, 0.3) is 0 Å². The lowest BCUT2D eigenvalue weighted by molar-refractivity contribution is 0.103. The molecule has 2 aromatic carbocycles. The van der Waals surface area contributed by atoms with E-state index in [9.17, 15) is 4.79 Å². The number of carbonyl (C=O) groups excluding carboxylic acids is 1. The van der Waals surface area contributed by atoms with E-state index in [1.165, 1.54) is 0 Å². The molecule has 0 heterocycles. The van der Waals surface area contributed by atoms with Crippen LogP contribution in [0.2, 0.25) is 0 Å². The molecule has 3 heteroatoms. The lowest BCUT2D eigenvalue weighted by Crippen LogP contribution is -2.00. The second-order valence-electron chi connectivity index (χ2n) is 3.37. The number of carbonyl (C=O) groups is 1. The zero-order valence-electron chi connectivity index (χ0n) is 8.48. The van der Waals surface area contributed by atoms with Gasteiger partial charge in [-0.2, -0.15) is 0 Å². The van der Waals surface area contributed by atoms with Crippen LogP contribution in [0.1, 0.15) is 15.9 Å². The zero-order valence-corrected chi connectivity index (χ0v) is 10.6. The van der Waals surface area contributed by atoms with Gasteiger partial charge in [-0.05, 0) is 12.1 Å². The summed E-state index contributed by atoms with van der Waals surface area (Å²) in [5, 5.41) is 0. The topological polar surface area (TPSA) is 29.1 Å². The Morgan fingerprint density at radius 1 is 0.938 bits per heavy atom. The fourth-order valence-electron chi connectivity index (χ4n) is 1.48. The van der Waals surface area contributed by atoms with Crippen molar-refractivity contribution in [3.05, 3.63) is 65.7 Å². The highest BCUT2D eigenvalue weighted by atomic mass is 127. The minimum absolute atomic E-state index is 0.0501. The van der Waals surface area contributed by atoms with E-state index in [2.05, 4.69) is 3.53 Å². The highest BCUT2D eigenvalue weighted by Crippen LogP contribution is 2.15. The Labute approximate surface area is 108 Å². The van der Waals surface area contributed by atoms with Crippen LogP contribution in [0.5, 0.6) is 0 Å². The largest absolute Gasteiger partial charge is 0.328 e. The van der Waals surface area contributed by atoms with Gasteiger partial charge in [-0.1, -0.05) is 42.5 Å². The number of nitrogens with one attached hydrogen (secondary N) is 1. The molecular weight excluding hydrogens is 313 g/mol. The molecule has 16 heavy (non-hydrogen) atoms. The third-order valence-corrected chi connectivity index (χ3v) is 2.89. The monoisotopic (exact) mass is 323 g/mol. The number of halogens is 1. The first kappa shape index (κ1) is 11.1. The Morgan fingerprint density at radius 3 is 2.31 bits per heavy atom. The van der Waals surface area contributed by atoms with E-state index in [4.69, 9.17) is 0 Å². The molecule has 0 aliphatic carbocycles. The third-order valence-electron chi connectivity index (χ3n) is 2.27. The Balaban J connectivity index is 2.34. The third kappa shape index (κ3) is 2.41. The highest BCUT2D eigenvalue weighted by Gasteiger charge is 2.08. The second kappa shape index (κ2) is 5.12. The molecular formula is C13H10INO. The average molecular weight is 323 g/mol. The molecule has 0 atom stereocenters. The lowest BCUT2D eigenvalue weighted by Gasteiger charge is -2.03. The molecule has 0 spiro atoms. The van der Waals surface area contributed by atoms with Crippen molar-refractivity contribution >= 4 is 34.3 Å². The highest BCUT2D eigenvalue weighted by molar-refractivity contribution is 14.1. The van der Waals surface area contributed by atoms with Crippen molar-refractivity contribution in [2.45, 2.75) is 0 Å². The first-order valence-corrected chi connectivity index (χ1v) is 5.95. The van der Waals surface area contributed by atoms with Crippen LogP contribution in [0.4, 0.5) is 5.69 Å². The maximum Gasteiger partial charge on any atom is 0.193 e. The summed E-state index contributed by atoms with van der Waals surface area (Å²) in [5.41, 5.74) is 2.35. The standard InChI is InChI=1S/C13H10INO/c14-15-12-8-4-7-11(9-12)13(16)10-5-2-1-3-6-10/h1-9,15H. The maximum absolute atomic E-state index is 12.1. The van der Waals surface area contributed by atoms with E-state index in [0.717, 1.165) is 5.69 Å². The number of rotatable bonds is 3. The molecule has 0 fully saturated rings. The van der Waals surface area contributed by atoms with Gasteiger partial charge >= 0.3 is 0 Å². The van der Waals surface area contributed by atoms with Crippen molar-refractivity contribution in [3.8, 4) is 0 Å². The molecule has 2 rings (SSSR count). The summed E-state index contributed by atoms with van der Waals surface area (Å²) in [4.78, 5) is 12.1. The summed E-state index contributed by atoms with van der Waals surface area (Å²) in [6.45, 7) is 0. The van der Waals surface area contributed by atoms with E-state index in [1.807, 2.05) is 77.5 Å². The summed E-state index contributed by atoms with van der Waals surface area (Å²) < 4.78 is 2.99. The Morgan fingerprint density at radius 2 is 1.62 bits per heavy atom. The van der Waals surface area contributed by atoms with Crippen molar-refractivity contribution in [1.82, 2.24) is 0 Å². The molecule has 0 saturated heterocycles. The molecule has 2 nitrogen and oxygen atoms in total. The van der Waals surface area contributed by atoms with Crippen molar-refractivity contribution in [2.75, 3.05) is 3.53 Å². The zero-order chi connectivity index (χ0) is 11.4. The Kier molecular flexibility index (Phi) is 3.56. The van der Waals surface area contributed by atoms with Gasteiger partial charge in [0.25, 0.3) is 0 Å². The van der Waals surface area contributed by atoms with Gasteiger partial charge in [0.2, 0.25) is 0 Å². The van der Waals surface area contributed by atoms with Crippen LogP contribution in [0.3, 0.4) is 0 Å². The van der Waals surface area contributed by atoms with Gasteiger partial charge < -0.3 is 3.53 Å². The van der Waals surface area contributed by atoms with Crippen LogP contribution in [-0.2, 0) is 0 Å². The number of ketones is 1. The first-order valence-electron chi connectivity index (χ1n) is 4.88. The van der Waals surface area contributed by atoms with Crippen LogP contribution < -0.4 is 3.53 Å². The summed E-state index contributed by atoms with van der Waals surface area (Å²) in [5.74, 6) is 0.0501. The van der Waals surface area contributed by atoms with E-state index in [1.54, 1.807) is 0 Å². The van der Waals surface area contributed by atoms with Crippen molar-refractivity contribution in [2.24, 2.45) is 0 Å². The molecule has 0 aliphatic rings. The molecule has 0 radical (unpaired) electrons. The van der Waals surface area contributed by atoms with Crippen molar-refractivity contribution in [1.29, 1.82) is 0 Å². The molecule has 0 amide bonds. The quantitative estimate of drug-likeness (QED) is 0.530. The molecule has 0 saturated carbocycles. The maximum atomic E-state index is 12.1. The molecule has 2 aromatic rings. The predicted octanol–water partition coefficient (Wildman–Crippen LogP) is 3.68. The van der Waals surface area contributed by atoms with Gasteiger partial charge in [0, 0.05) is 16.8 Å². The van der Waals surface area contributed by atoms with Crippen LogP contribution in [0.15, 0.2) is 54.6 Å². The predicted molar refractivity (Wildman–Crippen MR) is 74.0 cm³/mol. The smallest absolute Gasteiger partial charge is 0.193 e. The number of anilines is 1. The number of hydrogen-bond donors (Lipinski definition) is 1. The minimum Gasteiger partial charge on any atom is -0.328 e. The average Bonchev–Trinajstić information content (AvgIpc) is 2.39. The fraction of sp³-hybridized carbons (Fsp3) is 0. The van der Waals surface area contributed by atoms with Gasteiger partial charge in [0.1, 0.15) is 0 Å². The Bertz CT molecular complexity index is 496. The summed E-state index contributed by atoms with van der Waals surface area (Å²) in [6.07, 6.45) is 0. The van der Waals surface area contributed by atoms with E-state index in [0.29, 0.717) is 11.1 Å². The van der Waals surface area contributed by atoms with Crippen molar-refractivity contribution < 1.29 is 4.79 Å². The normalized spacial score (nSPS) is 9.81. The molecule has 0 aliphatic heterocycles. The van der Waals surface area contributed by atoms with Gasteiger partial charge in [-0.15, -0.1) is 0 Å². The number of benzene rings is 2.